The minimum atomic E-state index is -0.129. The number of nitrogens with zero attached hydrogens (tertiary/aromatic N) is 2. The van der Waals surface area contributed by atoms with E-state index >= 15 is 0 Å². The van der Waals surface area contributed by atoms with Crippen LogP contribution in [0.3, 0.4) is 0 Å². The molecule has 0 saturated carbocycles. The normalized spacial score (nSPS) is 10.3. The first-order valence-corrected chi connectivity index (χ1v) is 7.10. The summed E-state index contributed by atoms with van der Waals surface area (Å²) in [5, 5.41) is 3.81. The average molecular weight is 324 g/mol. The molecule has 0 saturated heterocycles. The van der Waals surface area contributed by atoms with E-state index in [0.29, 0.717) is 22.9 Å². The minimum Gasteiger partial charge on any atom is -0.373 e. The number of halogens is 2. The molecule has 0 unspecified atom stereocenters. The van der Waals surface area contributed by atoms with Gasteiger partial charge in [0.2, 0.25) is 0 Å². The van der Waals surface area contributed by atoms with E-state index in [0.717, 1.165) is 5.56 Å². The summed E-state index contributed by atoms with van der Waals surface area (Å²) in [7, 11) is 3.46. The summed E-state index contributed by atoms with van der Waals surface area (Å²) < 4.78 is 0. The highest BCUT2D eigenvalue weighted by molar-refractivity contribution is 6.30. The highest BCUT2D eigenvalue weighted by Crippen LogP contribution is 2.17. The zero-order chi connectivity index (χ0) is 15.4. The number of aromatic nitrogens is 1. The lowest BCUT2D eigenvalue weighted by Gasteiger charge is -2.18. The zero-order valence-corrected chi connectivity index (χ0v) is 13.2. The van der Waals surface area contributed by atoms with Crippen molar-refractivity contribution in [2.24, 2.45) is 0 Å². The van der Waals surface area contributed by atoms with Gasteiger partial charge in [-0.25, -0.2) is 4.98 Å². The van der Waals surface area contributed by atoms with Gasteiger partial charge in [-0.1, -0.05) is 35.3 Å². The molecule has 0 spiro atoms. The molecule has 1 heterocycles. The smallest absolute Gasteiger partial charge is 0.254 e. The Morgan fingerprint density at radius 2 is 2.05 bits per heavy atom. The lowest BCUT2D eigenvalue weighted by Crippen LogP contribution is -2.26. The molecular formula is C15H15Cl2N3O. The summed E-state index contributed by atoms with van der Waals surface area (Å²) in [5.41, 5.74) is 1.45. The van der Waals surface area contributed by atoms with Crippen LogP contribution < -0.4 is 5.32 Å². The fourth-order valence-corrected chi connectivity index (χ4v) is 2.37. The number of hydrogen-bond donors (Lipinski definition) is 1. The number of anilines is 1. The Labute approximate surface area is 133 Å². The summed E-state index contributed by atoms with van der Waals surface area (Å²) in [5.74, 6) is 0.429. The maximum Gasteiger partial charge on any atom is 0.254 e. The van der Waals surface area contributed by atoms with Gasteiger partial charge in [-0.3, -0.25) is 4.79 Å². The predicted octanol–water partition coefficient (Wildman–Crippen LogP) is 3.70. The maximum atomic E-state index is 12.4. The van der Waals surface area contributed by atoms with E-state index in [4.69, 9.17) is 23.2 Å². The van der Waals surface area contributed by atoms with Gasteiger partial charge in [0.15, 0.2) is 0 Å². The van der Waals surface area contributed by atoms with Crippen molar-refractivity contribution in [3.63, 3.8) is 0 Å². The van der Waals surface area contributed by atoms with Crippen molar-refractivity contribution in [2.75, 3.05) is 19.4 Å². The van der Waals surface area contributed by atoms with Crippen molar-refractivity contribution in [3.05, 3.63) is 57.7 Å². The molecule has 0 atom stereocenters. The second-order valence-electron chi connectivity index (χ2n) is 4.60. The Morgan fingerprint density at radius 1 is 1.29 bits per heavy atom. The average Bonchev–Trinajstić information content (AvgIpc) is 2.45. The largest absolute Gasteiger partial charge is 0.373 e. The van der Waals surface area contributed by atoms with Gasteiger partial charge in [0.05, 0.1) is 0 Å². The molecule has 4 nitrogen and oxygen atoms in total. The fourth-order valence-electron chi connectivity index (χ4n) is 1.95. The highest BCUT2D eigenvalue weighted by Gasteiger charge is 2.14. The fraction of sp³-hybridized carbons (Fsp3) is 0.200. The van der Waals surface area contributed by atoms with Crippen LogP contribution in [0, 0.1) is 0 Å². The molecule has 0 aliphatic rings. The number of rotatable bonds is 4. The molecule has 0 radical (unpaired) electrons. The van der Waals surface area contributed by atoms with Crippen LogP contribution >= 0.6 is 23.2 Å². The molecule has 1 amide bonds. The van der Waals surface area contributed by atoms with E-state index in [1.165, 1.54) is 0 Å². The first-order chi connectivity index (χ1) is 9.99. The molecule has 0 aliphatic heterocycles. The summed E-state index contributed by atoms with van der Waals surface area (Å²) in [6, 6.07) is 10.6. The molecule has 2 aromatic rings. The van der Waals surface area contributed by atoms with E-state index in [2.05, 4.69) is 10.3 Å². The second kappa shape index (κ2) is 6.78. The van der Waals surface area contributed by atoms with Crippen LogP contribution in [0.15, 0.2) is 36.4 Å². The van der Waals surface area contributed by atoms with E-state index in [9.17, 15) is 4.79 Å². The van der Waals surface area contributed by atoms with Crippen molar-refractivity contribution in [2.45, 2.75) is 6.54 Å². The quantitative estimate of drug-likeness (QED) is 0.872. The molecule has 110 valence electrons. The number of carbonyl (C=O) groups excluding carboxylic acids is 1. The lowest BCUT2D eigenvalue weighted by atomic mass is 10.2. The van der Waals surface area contributed by atoms with Crippen molar-refractivity contribution in [1.82, 2.24) is 9.88 Å². The monoisotopic (exact) mass is 323 g/mol. The Hall–Kier alpha value is -1.78. The molecule has 6 heteroatoms. The number of carbonyl (C=O) groups is 1. The van der Waals surface area contributed by atoms with Gasteiger partial charge in [-0.2, -0.15) is 0 Å². The van der Waals surface area contributed by atoms with Gasteiger partial charge < -0.3 is 10.2 Å². The Morgan fingerprint density at radius 3 is 2.71 bits per heavy atom. The standard InChI is InChI=1S/C15H15Cl2N3O/c1-18-14-8-11(7-13(17)19-14)15(21)20(2)9-10-4-3-5-12(16)6-10/h3-8H,9H2,1-2H3,(H,18,19). The molecule has 21 heavy (non-hydrogen) atoms. The molecule has 1 aromatic carbocycles. The number of nitrogens with one attached hydrogen (secondary N) is 1. The summed E-state index contributed by atoms with van der Waals surface area (Å²) in [4.78, 5) is 18.1. The molecule has 0 bridgehead atoms. The Bertz CT molecular complexity index is 661. The van der Waals surface area contributed by atoms with Gasteiger partial charge in [0.1, 0.15) is 11.0 Å². The van der Waals surface area contributed by atoms with Gasteiger partial charge >= 0.3 is 0 Å². The third kappa shape index (κ3) is 4.09. The molecular weight excluding hydrogens is 309 g/mol. The highest BCUT2D eigenvalue weighted by atomic mass is 35.5. The maximum absolute atomic E-state index is 12.4. The first-order valence-electron chi connectivity index (χ1n) is 6.35. The Balaban J connectivity index is 2.17. The molecule has 1 aromatic heterocycles. The van der Waals surface area contributed by atoms with E-state index in [-0.39, 0.29) is 11.1 Å². The van der Waals surface area contributed by atoms with E-state index in [1.54, 1.807) is 37.2 Å². The summed E-state index contributed by atoms with van der Waals surface area (Å²) in [6.07, 6.45) is 0. The number of hydrogen-bond acceptors (Lipinski definition) is 3. The summed E-state index contributed by atoms with van der Waals surface area (Å²) in [6.45, 7) is 0.466. The number of benzene rings is 1. The minimum absolute atomic E-state index is 0.129. The van der Waals surface area contributed by atoms with Crippen LogP contribution in [0.4, 0.5) is 5.82 Å². The van der Waals surface area contributed by atoms with Crippen molar-refractivity contribution in [1.29, 1.82) is 0 Å². The zero-order valence-electron chi connectivity index (χ0n) is 11.7. The van der Waals surface area contributed by atoms with Crippen molar-refractivity contribution in [3.8, 4) is 0 Å². The predicted molar refractivity (Wildman–Crippen MR) is 86.0 cm³/mol. The van der Waals surface area contributed by atoms with Crippen LogP contribution in [0.2, 0.25) is 10.2 Å². The van der Waals surface area contributed by atoms with Gasteiger partial charge in [-0.05, 0) is 29.8 Å². The van der Waals surface area contributed by atoms with Crippen molar-refractivity contribution >= 4 is 34.9 Å². The van der Waals surface area contributed by atoms with Crippen LogP contribution in [0.5, 0.6) is 0 Å². The summed E-state index contributed by atoms with van der Waals surface area (Å²) >= 11 is 11.9. The van der Waals surface area contributed by atoms with Crippen LogP contribution in [-0.4, -0.2) is 29.9 Å². The molecule has 2 rings (SSSR count). The van der Waals surface area contributed by atoms with Crippen LogP contribution in [0.1, 0.15) is 15.9 Å². The number of pyridine rings is 1. The third-order valence-electron chi connectivity index (χ3n) is 2.95. The SMILES string of the molecule is CNc1cc(C(=O)N(C)Cc2cccc(Cl)c2)cc(Cl)n1. The molecule has 1 N–H and O–H groups in total. The van der Waals surface area contributed by atoms with Gasteiger partial charge in [0.25, 0.3) is 5.91 Å². The number of amides is 1. The second-order valence-corrected chi connectivity index (χ2v) is 5.43. The Kier molecular flexibility index (Phi) is 5.04. The van der Waals surface area contributed by atoms with E-state index < -0.39 is 0 Å². The first kappa shape index (κ1) is 15.6. The lowest BCUT2D eigenvalue weighted by molar-refractivity contribution is 0.0785. The molecule has 0 fully saturated rings. The molecule has 0 aliphatic carbocycles. The van der Waals surface area contributed by atoms with Crippen LogP contribution in [0.25, 0.3) is 0 Å². The van der Waals surface area contributed by atoms with Crippen molar-refractivity contribution < 1.29 is 4.79 Å². The van der Waals surface area contributed by atoms with Gasteiger partial charge in [-0.15, -0.1) is 0 Å². The van der Waals surface area contributed by atoms with E-state index in [1.807, 2.05) is 18.2 Å². The topological polar surface area (TPSA) is 45.2 Å². The van der Waals surface area contributed by atoms with Crippen LogP contribution in [-0.2, 0) is 6.54 Å². The third-order valence-corrected chi connectivity index (χ3v) is 3.38. The van der Waals surface area contributed by atoms with Gasteiger partial charge in [0, 0.05) is 31.2 Å².